The molecule has 1 N–H and O–H groups in total. The monoisotopic (exact) mass is 308 g/mol. The third kappa shape index (κ3) is 3.16. The molecule has 0 amide bonds. The van der Waals surface area contributed by atoms with Crippen LogP contribution in [0.5, 0.6) is 0 Å². The molecule has 0 saturated carbocycles. The van der Waals surface area contributed by atoms with E-state index in [0.29, 0.717) is 11.5 Å². The van der Waals surface area contributed by atoms with Gasteiger partial charge in [0.2, 0.25) is 10.0 Å². The summed E-state index contributed by atoms with van der Waals surface area (Å²) in [6, 6.07) is 5.63. The summed E-state index contributed by atoms with van der Waals surface area (Å²) in [5.74, 6) is 0.299. The summed E-state index contributed by atoms with van der Waals surface area (Å²) in [4.78, 5) is 0.124. The predicted octanol–water partition coefficient (Wildman–Crippen LogP) is 2.95. The number of rotatable bonds is 4. The van der Waals surface area contributed by atoms with E-state index in [1.165, 1.54) is 0 Å². The Labute approximate surface area is 125 Å². The molecule has 0 aliphatic carbocycles. The van der Waals surface area contributed by atoms with Gasteiger partial charge >= 0.3 is 0 Å². The van der Waals surface area contributed by atoms with Crippen LogP contribution in [-0.4, -0.2) is 13.6 Å². The molecule has 0 bridgehead atoms. The maximum atomic E-state index is 12.5. The van der Waals surface area contributed by atoms with Crippen LogP contribution in [0.15, 0.2) is 27.6 Å². The predicted molar refractivity (Wildman–Crippen MR) is 80.6 cm³/mol. The zero-order chi connectivity index (χ0) is 15.8. The van der Waals surface area contributed by atoms with E-state index in [2.05, 4.69) is 9.88 Å². The van der Waals surface area contributed by atoms with Gasteiger partial charge < -0.3 is 4.52 Å². The highest BCUT2D eigenvalue weighted by atomic mass is 32.2. The van der Waals surface area contributed by atoms with Crippen LogP contribution in [0.25, 0.3) is 0 Å². The topological polar surface area (TPSA) is 72.2 Å². The van der Waals surface area contributed by atoms with Crippen LogP contribution >= 0.6 is 0 Å². The van der Waals surface area contributed by atoms with Crippen molar-refractivity contribution in [1.82, 2.24) is 9.88 Å². The van der Waals surface area contributed by atoms with Crippen molar-refractivity contribution in [2.45, 2.75) is 45.6 Å². The van der Waals surface area contributed by atoms with Crippen molar-refractivity contribution in [2.24, 2.45) is 0 Å². The van der Waals surface area contributed by atoms with Gasteiger partial charge in [0.1, 0.15) is 10.6 Å². The minimum absolute atomic E-state index is 0.124. The van der Waals surface area contributed by atoms with Crippen LogP contribution in [0.2, 0.25) is 0 Å². The molecule has 0 fully saturated rings. The molecule has 6 heteroatoms. The van der Waals surface area contributed by atoms with Gasteiger partial charge in [0, 0.05) is 6.04 Å². The summed E-state index contributed by atoms with van der Waals surface area (Å²) < 4.78 is 32.6. The minimum Gasteiger partial charge on any atom is -0.360 e. The Kier molecular flexibility index (Phi) is 4.20. The van der Waals surface area contributed by atoms with Gasteiger partial charge in [0.15, 0.2) is 5.76 Å². The van der Waals surface area contributed by atoms with E-state index in [4.69, 9.17) is 4.52 Å². The Morgan fingerprint density at radius 3 is 2.38 bits per heavy atom. The van der Waals surface area contributed by atoms with Gasteiger partial charge in [-0.05, 0) is 45.7 Å². The van der Waals surface area contributed by atoms with Gasteiger partial charge in [-0.25, -0.2) is 13.1 Å². The molecule has 0 aliphatic heterocycles. The van der Waals surface area contributed by atoms with Crippen LogP contribution in [-0.2, 0) is 10.0 Å². The van der Waals surface area contributed by atoms with Gasteiger partial charge in [-0.2, -0.15) is 0 Å². The molecular formula is C15H20N2O3S. The Hall–Kier alpha value is -1.66. The Balaban J connectivity index is 2.32. The van der Waals surface area contributed by atoms with Crippen LogP contribution in [0, 0.1) is 27.7 Å². The molecule has 1 heterocycles. The highest BCUT2D eigenvalue weighted by molar-refractivity contribution is 7.89. The van der Waals surface area contributed by atoms with Crippen molar-refractivity contribution >= 4 is 10.0 Å². The van der Waals surface area contributed by atoms with E-state index in [0.717, 1.165) is 16.7 Å². The molecule has 0 aliphatic rings. The summed E-state index contributed by atoms with van der Waals surface area (Å²) in [5.41, 5.74) is 3.53. The van der Waals surface area contributed by atoms with Gasteiger partial charge in [0.05, 0.1) is 0 Å². The molecule has 0 radical (unpaired) electrons. The molecule has 0 spiro atoms. The number of sulfonamides is 1. The average Bonchev–Trinajstić information content (AvgIpc) is 2.68. The second-order valence-electron chi connectivity index (χ2n) is 5.36. The first-order valence-corrected chi connectivity index (χ1v) is 8.23. The number of aromatic nitrogens is 1. The van der Waals surface area contributed by atoms with Gasteiger partial charge in [-0.15, -0.1) is 0 Å². The smallest absolute Gasteiger partial charge is 0.246 e. The normalized spacial score (nSPS) is 13.4. The number of benzene rings is 1. The van der Waals surface area contributed by atoms with Crippen molar-refractivity contribution in [2.75, 3.05) is 0 Å². The van der Waals surface area contributed by atoms with Crippen LogP contribution in [0.4, 0.5) is 0 Å². The molecule has 1 aromatic carbocycles. The van der Waals surface area contributed by atoms with Gasteiger partial charge in [-0.3, -0.25) is 0 Å². The van der Waals surface area contributed by atoms with Crippen molar-refractivity contribution in [3.05, 3.63) is 46.3 Å². The molecular weight excluding hydrogens is 288 g/mol. The summed E-state index contributed by atoms with van der Waals surface area (Å²) in [7, 11) is -3.66. The summed E-state index contributed by atoms with van der Waals surface area (Å²) in [5, 5.41) is 3.70. The van der Waals surface area contributed by atoms with Crippen LogP contribution < -0.4 is 4.72 Å². The van der Waals surface area contributed by atoms with Crippen molar-refractivity contribution in [3.8, 4) is 0 Å². The summed E-state index contributed by atoms with van der Waals surface area (Å²) in [6.07, 6.45) is 0. The van der Waals surface area contributed by atoms with Crippen molar-refractivity contribution in [3.63, 3.8) is 0 Å². The first-order valence-electron chi connectivity index (χ1n) is 6.74. The number of hydrogen-bond donors (Lipinski definition) is 1. The maximum absolute atomic E-state index is 12.5. The largest absolute Gasteiger partial charge is 0.360 e. The second-order valence-corrected chi connectivity index (χ2v) is 7.01. The molecule has 0 saturated heterocycles. The summed E-state index contributed by atoms with van der Waals surface area (Å²) >= 11 is 0. The molecule has 21 heavy (non-hydrogen) atoms. The van der Waals surface area contributed by atoms with E-state index in [1.54, 1.807) is 13.8 Å². The standard InChI is InChI=1S/C15H20N2O3S/c1-9-6-7-14(10(2)8-9)11(3)17-21(18,19)15-12(4)16-20-13(15)5/h6-8,11,17H,1-5H3. The number of nitrogens with zero attached hydrogens (tertiary/aromatic N) is 1. The molecule has 114 valence electrons. The number of hydrogen-bond acceptors (Lipinski definition) is 4. The molecule has 1 aromatic heterocycles. The highest BCUT2D eigenvalue weighted by Gasteiger charge is 2.26. The lowest BCUT2D eigenvalue weighted by Crippen LogP contribution is -2.28. The molecule has 5 nitrogen and oxygen atoms in total. The molecule has 2 rings (SSSR count). The second kappa shape index (κ2) is 5.61. The van der Waals surface area contributed by atoms with Crippen molar-refractivity contribution < 1.29 is 12.9 Å². The lowest BCUT2D eigenvalue weighted by Gasteiger charge is -2.17. The fraction of sp³-hybridized carbons (Fsp3) is 0.400. The highest BCUT2D eigenvalue weighted by Crippen LogP contribution is 2.24. The fourth-order valence-electron chi connectivity index (χ4n) is 2.52. The van der Waals surface area contributed by atoms with E-state index in [1.807, 2.05) is 39.0 Å². The first kappa shape index (κ1) is 15.7. The zero-order valence-corrected chi connectivity index (χ0v) is 13.7. The SMILES string of the molecule is Cc1ccc(C(C)NS(=O)(=O)c2c(C)noc2C)c(C)c1. The molecule has 2 aromatic rings. The Bertz CT molecular complexity index is 744. The third-order valence-electron chi connectivity index (χ3n) is 3.46. The molecule has 1 atom stereocenters. The van der Waals surface area contributed by atoms with Crippen molar-refractivity contribution in [1.29, 1.82) is 0 Å². The number of nitrogens with one attached hydrogen (secondary N) is 1. The number of aryl methyl sites for hydroxylation is 4. The lowest BCUT2D eigenvalue weighted by atomic mass is 10.0. The third-order valence-corrected chi connectivity index (χ3v) is 5.24. The van der Waals surface area contributed by atoms with E-state index < -0.39 is 10.0 Å². The first-order chi connectivity index (χ1) is 9.72. The molecule has 1 unspecified atom stereocenters. The zero-order valence-electron chi connectivity index (χ0n) is 12.9. The van der Waals surface area contributed by atoms with Crippen LogP contribution in [0.3, 0.4) is 0 Å². The lowest BCUT2D eigenvalue weighted by molar-refractivity contribution is 0.390. The van der Waals surface area contributed by atoms with E-state index in [-0.39, 0.29) is 10.9 Å². The van der Waals surface area contributed by atoms with E-state index >= 15 is 0 Å². The Morgan fingerprint density at radius 2 is 1.86 bits per heavy atom. The van der Waals surface area contributed by atoms with Gasteiger partial charge in [-0.1, -0.05) is 28.9 Å². The minimum atomic E-state index is -3.66. The quantitative estimate of drug-likeness (QED) is 0.942. The fourth-order valence-corrected chi connectivity index (χ4v) is 4.08. The van der Waals surface area contributed by atoms with Crippen LogP contribution in [0.1, 0.15) is 41.1 Å². The van der Waals surface area contributed by atoms with E-state index in [9.17, 15) is 8.42 Å². The maximum Gasteiger partial charge on any atom is 0.246 e. The van der Waals surface area contributed by atoms with Gasteiger partial charge in [0.25, 0.3) is 0 Å². The average molecular weight is 308 g/mol. The Morgan fingerprint density at radius 1 is 1.19 bits per heavy atom. The summed E-state index contributed by atoms with van der Waals surface area (Å²) in [6.45, 7) is 9.02.